The first kappa shape index (κ1) is 11.2. The highest BCUT2D eigenvalue weighted by Crippen LogP contribution is 2.20. The van der Waals surface area contributed by atoms with E-state index >= 15 is 0 Å². The summed E-state index contributed by atoms with van der Waals surface area (Å²) in [5, 5.41) is 3.29. The van der Waals surface area contributed by atoms with Gasteiger partial charge in [-0.1, -0.05) is 0 Å². The van der Waals surface area contributed by atoms with Crippen molar-refractivity contribution in [2.75, 3.05) is 19.6 Å². The van der Waals surface area contributed by atoms with Gasteiger partial charge in [-0.3, -0.25) is 4.79 Å². The Hall–Kier alpha value is -1.29. The normalized spacial score (nSPS) is 19.8. The quantitative estimate of drug-likeness (QED) is 0.781. The molecule has 0 bridgehead atoms. The van der Waals surface area contributed by atoms with Crippen molar-refractivity contribution in [1.82, 2.24) is 10.2 Å². The zero-order valence-corrected chi connectivity index (χ0v) is 10.0. The molecular formula is C12H18N2O2. The van der Waals surface area contributed by atoms with Crippen molar-refractivity contribution in [3.05, 3.63) is 23.7 Å². The predicted octanol–water partition coefficient (Wildman–Crippen LogP) is 1.41. The van der Waals surface area contributed by atoms with Crippen LogP contribution >= 0.6 is 0 Å². The molecule has 1 aliphatic heterocycles. The minimum atomic E-state index is -0.157. The summed E-state index contributed by atoms with van der Waals surface area (Å²) >= 11 is 0. The SMILES string of the molecule is Cc1ccc(C(=O)N2CCNCC2(C)C)o1. The van der Waals surface area contributed by atoms with Crippen LogP contribution in [0.25, 0.3) is 0 Å². The lowest BCUT2D eigenvalue weighted by Crippen LogP contribution is -2.59. The van der Waals surface area contributed by atoms with Crippen LogP contribution < -0.4 is 5.32 Å². The van der Waals surface area contributed by atoms with Gasteiger partial charge in [0.25, 0.3) is 5.91 Å². The third-order valence-electron chi connectivity index (χ3n) is 3.00. The number of hydrogen-bond donors (Lipinski definition) is 1. The number of rotatable bonds is 1. The fourth-order valence-electron chi connectivity index (χ4n) is 2.04. The van der Waals surface area contributed by atoms with Crippen molar-refractivity contribution >= 4 is 5.91 Å². The zero-order chi connectivity index (χ0) is 11.8. The highest BCUT2D eigenvalue weighted by atomic mass is 16.3. The van der Waals surface area contributed by atoms with E-state index in [1.807, 2.05) is 17.9 Å². The van der Waals surface area contributed by atoms with E-state index in [1.54, 1.807) is 6.07 Å². The highest BCUT2D eigenvalue weighted by Gasteiger charge is 2.34. The Bertz CT molecular complexity index is 395. The first-order valence-corrected chi connectivity index (χ1v) is 5.60. The lowest BCUT2D eigenvalue weighted by molar-refractivity contribution is 0.0444. The average molecular weight is 222 g/mol. The van der Waals surface area contributed by atoms with Gasteiger partial charge in [0.2, 0.25) is 0 Å². The van der Waals surface area contributed by atoms with Gasteiger partial charge in [0, 0.05) is 19.6 Å². The number of carbonyl (C=O) groups excluding carboxylic acids is 1. The van der Waals surface area contributed by atoms with Crippen LogP contribution in [0.15, 0.2) is 16.5 Å². The Morgan fingerprint density at radius 2 is 2.25 bits per heavy atom. The number of amides is 1. The molecule has 0 atom stereocenters. The minimum absolute atomic E-state index is 0.0143. The van der Waals surface area contributed by atoms with Crippen LogP contribution in [0, 0.1) is 6.92 Å². The van der Waals surface area contributed by atoms with E-state index in [9.17, 15) is 4.79 Å². The molecule has 1 aliphatic rings. The van der Waals surface area contributed by atoms with Crippen LogP contribution in [0.1, 0.15) is 30.2 Å². The van der Waals surface area contributed by atoms with E-state index in [0.717, 1.165) is 25.4 Å². The predicted molar refractivity (Wildman–Crippen MR) is 61.4 cm³/mol. The summed E-state index contributed by atoms with van der Waals surface area (Å²) in [6.07, 6.45) is 0. The second-order valence-corrected chi connectivity index (χ2v) is 4.86. The summed E-state index contributed by atoms with van der Waals surface area (Å²) in [7, 11) is 0. The largest absolute Gasteiger partial charge is 0.456 e. The van der Waals surface area contributed by atoms with Gasteiger partial charge in [-0.2, -0.15) is 0 Å². The summed E-state index contributed by atoms with van der Waals surface area (Å²) in [6, 6.07) is 3.57. The van der Waals surface area contributed by atoms with Gasteiger partial charge in [0.15, 0.2) is 5.76 Å². The molecule has 88 valence electrons. The maximum Gasteiger partial charge on any atom is 0.290 e. The maximum atomic E-state index is 12.2. The molecule has 4 heteroatoms. The molecule has 1 saturated heterocycles. The molecule has 2 rings (SSSR count). The molecule has 2 heterocycles. The van der Waals surface area contributed by atoms with Crippen molar-refractivity contribution in [1.29, 1.82) is 0 Å². The third-order valence-corrected chi connectivity index (χ3v) is 3.00. The fourth-order valence-corrected chi connectivity index (χ4v) is 2.04. The first-order chi connectivity index (χ1) is 7.50. The molecule has 0 unspecified atom stereocenters. The number of hydrogen-bond acceptors (Lipinski definition) is 3. The maximum absolute atomic E-state index is 12.2. The highest BCUT2D eigenvalue weighted by molar-refractivity contribution is 5.92. The molecule has 0 saturated carbocycles. The minimum Gasteiger partial charge on any atom is -0.456 e. The summed E-state index contributed by atoms with van der Waals surface area (Å²) < 4.78 is 5.38. The van der Waals surface area contributed by atoms with E-state index in [-0.39, 0.29) is 11.4 Å². The lowest BCUT2D eigenvalue weighted by Gasteiger charge is -2.42. The molecule has 0 aliphatic carbocycles. The van der Waals surface area contributed by atoms with Gasteiger partial charge in [-0.15, -0.1) is 0 Å². The van der Waals surface area contributed by atoms with Crippen LogP contribution in [0.3, 0.4) is 0 Å². The smallest absolute Gasteiger partial charge is 0.290 e. The standard InChI is InChI=1S/C12H18N2O2/c1-9-4-5-10(16-9)11(15)14-7-6-13-8-12(14,2)3/h4-5,13H,6-8H2,1-3H3. The first-order valence-electron chi connectivity index (χ1n) is 5.60. The van der Waals surface area contributed by atoms with E-state index in [4.69, 9.17) is 4.42 Å². The van der Waals surface area contributed by atoms with Gasteiger partial charge in [0.05, 0.1) is 5.54 Å². The van der Waals surface area contributed by atoms with Gasteiger partial charge in [-0.05, 0) is 32.9 Å². The second kappa shape index (κ2) is 3.94. The molecular weight excluding hydrogens is 204 g/mol. The Balaban J connectivity index is 2.20. The molecule has 0 radical (unpaired) electrons. The number of carbonyl (C=O) groups is 1. The van der Waals surface area contributed by atoms with Gasteiger partial charge >= 0.3 is 0 Å². The topological polar surface area (TPSA) is 45.5 Å². The van der Waals surface area contributed by atoms with Crippen molar-refractivity contribution < 1.29 is 9.21 Å². The van der Waals surface area contributed by atoms with Crippen LogP contribution in [0.2, 0.25) is 0 Å². The van der Waals surface area contributed by atoms with E-state index in [1.165, 1.54) is 0 Å². The molecule has 1 aromatic heterocycles. The monoisotopic (exact) mass is 222 g/mol. The summed E-state index contributed by atoms with van der Waals surface area (Å²) in [5.74, 6) is 1.20. The Labute approximate surface area is 95.6 Å². The molecule has 0 aromatic carbocycles. The van der Waals surface area contributed by atoms with Crippen molar-refractivity contribution in [2.24, 2.45) is 0 Å². The van der Waals surface area contributed by atoms with Crippen LogP contribution in [0.5, 0.6) is 0 Å². The fraction of sp³-hybridized carbons (Fsp3) is 0.583. The van der Waals surface area contributed by atoms with Crippen LogP contribution in [-0.2, 0) is 0 Å². The van der Waals surface area contributed by atoms with Gasteiger partial charge < -0.3 is 14.6 Å². The number of nitrogens with zero attached hydrogens (tertiary/aromatic N) is 1. The number of furan rings is 1. The molecule has 1 N–H and O–H groups in total. The lowest BCUT2D eigenvalue weighted by atomic mass is 10.00. The van der Waals surface area contributed by atoms with Gasteiger partial charge in [0.1, 0.15) is 5.76 Å². The number of aryl methyl sites for hydroxylation is 1. The molecule has 1 amide bonds. The summed E-state index contributed by atoms with van der Waals surface area (Å²) in [6.45, 7) is 8.36. The third kappa shape index (κ3) is 1.97. The van der Waals surface area contributed by atoms with Crippen LogP contribution in [0.4, 0.5) is 0 Å². The summed E-state index contributed by atoms with van der Waals surface area (Å²) in [5.41, 5.74) is -0.157. The second-order valence-electron chi connectivity index (χ2n) is 4.86. The zero-order valence-electron chi connectivity index (χ0n) is 10.0. The van der Waals surface area contributed by atoms with Crippen molar-refractivity contribution in [3.8, 4) is 0 Å². The van der Waals surface area contributed by atoms with E-state index < -0.39 is 0 Å². The molecule has 1 aromatic rings. The molecule has 16 heavy (non-hydrogen) atoms. The van der Waals surface area contributed by atoms with Crippen molar-refractivity contribution in [2.45, 2.75) is 26.3 Å². The number of piperazine rings is 1. The van der Waals surface area contributed by atoms with Crippen LogP contribution in [-0.4, -0.2) is 36.0 Å². The molecule has 4 nitrogen and oxygen atoms in total. The molecule has 1 fully saturated rings. The average Bonchev–Trinajstić information content (AvgIpc) is 2.63. The Kier molecular flexibility index (Phi) is 2.76. The summed E-state index contributed by atoms with van der Waals surface area (Å²) in [4.78, 5) is 14.1. The van der Waals surface area contributed by atoms with Crippen molar-refractivity contribution in [3.63, 3.8) is 0 Å². The number of nitrogens with one attached hydrogen (secondary N) is 1. The van der Waals surface area contributed by atoms with E-state index in [2.05, 4.69) is 19.2 Å². The van der Waals surface area contributed by atoms with E-state index in [0.29, 0.717) is 5.76 Å². The van der Waals surface area contributed by atoms with Gasteiger partial charge in [-0.25, -0.2) is 0 Å². The Morgan fingerprint density at radius 1 is 1.50 bits per heavy atom. The molecule has 0 spiro atoms. The Morgan fingerprint density at radius 3 is 2.81 bits per heavy atom.